The Morgan fingerprint density at radius 3 is 2.65 bits per heavy atom. The number of rotatable bonds is 8. The van der Waals surface area contributed by atoms with Crippen molar-refractivity contribution in [1.29, 1.82) is 0 Å². The maximum absolute atomic E-state index is 12.7. The summed E-state index contributed by atoms with van der Waals surface area (Å²) in [5, 5.41) is 4.95. The van der Waals surface area contributed by atoms with Crippen LogP contribution in [0, 0.1) is 5.41 Å². The Morgan fingerprint density at radius 1 is 1.26 bits per heavy atom. The molecule has 1 unspecified atom stereocenters. The van der Waals surface area contributed by atoms with Crippen LogP contribution < -0.4 is 10.6 Å². The molecule has 0 bridgehead atoms. The van der Waals surface area contributed by atoms with Crippen LogP contribution >= 0.6 is 0 Å². The number of nitrogens with one attached hydrogen (secondary N) is 2. The number of imide groups is 1. The van der Waals surface area contributed by atoms with Crippen molar-refractivity contribution in [3.8, 4) is 0 Å². The monoisotopic (exact) mass is 438 g/mol. The standard InChI is InChI=1S/C21H34N4O6/c1-20(2,3)31-19(30)25(13-9-22-15-26)11-5-10-24-12-8-21(14-17(24)28)7-4-6-16(27)23-18(21)29/h15H,4-14H2,1-3H3,(H,22,26)(H,23,27,29). The lowest BCUT2D eigenvalue weighted by atomic mass is 9.74. The molecule has 2 fully saturated rings. The summed E-state index contributed by atoms with van der Waals surface area (Å²) in [6, 6.07) is 0. The Hall–Kier alpha value is -2.65. The number of hydrogen-bond acceptors (Lipinski definition) is 6. The zero-order valence-electron chi connectivity index (χ0n) is 18.7. The summed E-state index contributed by atoms with van der Waals surface area (Å²) in [5.74, 6) is -0.716. The number of likely N-dealkylation sites (tertiary alicyclic amines) is 1. The van der Waals surface area contributed by atoms with Crippen molar-refractivity contribution in [1.82, 2.24) is 20.4 Å². The molecule has 31 heavy (non-hydrogen) atoms. The maximum Gasteiger partial charge on any atom is 0.410 e. The van der Waals surface area contributed by atoms with E-state index in [0.717, 1.165) is 0 Å². The maximum atomic E-state index is 12.7. The highest BCUT2D eigenvalue weighted by atomic mass is 16.6. The van der Waals surface area contributed by atoms with Gasteiger partial charge in [-0.15, -0.1) is 0 Å². The van der Waals surface area contributed by atoms with Gasteiger partial charge >= 0.3 is 6.09 Å². The molecule has 2 saturated heterocycles. The first-order valence-corrected chi connectivity index (χ1v) is 10.8. The van der Waals surface area contributed by atoms with Crippen LogP contribution in [0.4, 0.5) is 4.79 Å². The molecule has 0 aromatic heterocycles. The van der Waals surface area contributed by atoms with Gasteiger partial charge in [-0.2, -0.15) is 0 Å². The van der Waals surface area contributed by atoms with Crippen LogP contribution in [0.5, 0.6) is 0 Å². The van der Waals surface area contributed by atoms with E-state index in [9.17, 15) is 24.0 Å². The third kappa shape index (κ3) is 7.22. The van der Waals surface area contributed by atoms with Crippen LogP contribution in [0.3, 0.4) is 0 Å². The number of amides is 5. The predicted molar refractivity (Wildman–Crippen MR) is 112 cm³/mol. The van der Waals surface area contributed by atoms with Crippen molar-refractivity contribution in [3.63, 3.8) is 0 Å². The molecule has 2 aliphatic heterocycles. The molecule has 1 atom stereocenters. The third-order valence-electron chi connectivity index (χ3n) is 5.61. The van der Waals surface area contributed by atoms with E-state index in [0.29, 0.717) is 71.2 Å². The predicted octanol–water partition coefficient (Wildman–Crippen LogP) is 0.795. The van der Waals surface area contributed by atoms with Gasteiger partial charge in [-0.1, -0.05) is 0 Å². The molecule has 1 spiro atoms. The minimum absolute atomic E-state index is 0.102. The van der Waals surface area contributed by atoms with Gasteiger partial charge in [0.05, 0.1) is 5.41 Å². The first-order valence-electron chi connectivity index (χ1n) is 10.8. The van der Waals surface area contributed by atoms with Gasteiger partial charge in [-0.25, -0.2) is 4.79 Å². The molecule has 2 heterocycles. The molecule has 5 amide bonds. The fourth-order valence-electron chi connectivity index (χ4n) is 3.96. The first kappa shape index (κ1) is 24.6. The highest BCUT2D eigenvalue weighted by Gasteiger charge is 2.46. The summed E-state index contributed by atoms with van der Waals surface area (Å²) in [5.41, 5.74) is -1.42. The zero-order chi connectivity index (χ0) is 23.1. The van der Waals surface area contributed by atoms with Gasteiger partial charge in [0, 0.05) is 45.6 Å². The van der Waals surface area contributed by atoms with Gasteiger partial charge in [0.15, 0.2) is 0 Å². The molecular formula is C21H34N4O6. The van der Waals surface area contributed by atoms with E-state index in [1.165, 1.54) is 4.90 Å². The first-order chi connectivity index (χ1) is 14.6. The Morgan fingerprint density at radius 2 is 2.00 bits per heavy atom. The molecule has 0 saturated carbocycles. The lowest BCUT2D eigenvalue weighted by Crippen LogP contribution is -2.51. The van der Waals surface area contributed by atoms with Gasteiger partial charge in [0.1, 0.15) is 5.60 Å². The summed E-state index contributed by atoms with van der Waals surface area (Å²) >= 11 is 0. The number of hydrogen-bond donors (Lipinski definition) is 2. The number of ether oxygens (including phenoxy) is 1. The lowest BCUT2D eigenvalue weighted by molar-refractivity contribution is -0.148. The highest BCUT2D eigenvalue weighted by Crippen LogP contribution is 2.38. The molecule has 0 radical (unpaired) electrons. The topological polar surface area (TPSA) is 125 Å². The van der Waals surface area contributed by atoms with E-state index >= 15 is 0 Å². The van der Waals surface area contributed by atoms with Gasteiger partial charge in [0.2, 0.25) is 24.1 Å². The van der Waals surface area contributed by atoms with Gasteiger partial charge < -0.3 is 19.9 Å². The average molecular weight is 439 g/mol. The van der Waals surface area contributed by atoms with Crippen LogP contribution in [0.1, 0.15) is 59.3 Å². The summed E-state index contributed by atoms with van der Waals surface area (Å²) in [7, 11) is 0. The number of carbonyl (C=O) groups excluding carboxylic acids is 5. The number of nitrogens with zero attached hydrogens (tertiary/aromatic N) is 2. The molecule has 2 rings (SSSR count). The Kier molecular flexibility index (Phi) is 8.41. The number of carbonyl (C=O) groups is 5. The third-order valence-corrected chi connectivity index (χ3v) is 5.61. The van der Waals surface area contributed by atoms with Crippen molar-refractivity contribution in [2.45, 2.75) is 64.9 Å². The fourth-order valence-corrected chi connectivity index (χ4v) is 3.96. The second kappa shape index (κ2) is 10.6. The Bertz CT molecular complexity index is 704. The minimum Gasteiger partial charge on any atom is -0.444 e. The number of piperidine rings is 1. The normalized spacial score (nSPS) is 22.0. The second-order valence-electron chi connectivity index (χ2n) is 9.21. The molecule has 0 aromatic carbocycles. The quantitative estimate of drug-likeness (QED) is 0.328. The van der Waals surface area contributed by atoms with Crippen LogP contribution in [-0.2, 0) is 23.9 Å². The van der Waals surface area contributed by atoms with Crippen LogP contribution in [0.2, 0.25) is 0 Å². The van der Waals surface area contributed by atoms with E-state index in [4.69, 9.17) is 4.74 Å². The Balaban J connectivity index is 1.88. The van der Waals surface area contributed by atoms with E-state index in [-0.39, 0.29) is 24.1 Å². The van der Waals surface area contributed by atoms with Gasteiger partial charge in [-0.05, 0) is 46.5 Å². The van der Waals surface area contributed by atoms with Crippen LogP contribution in [0.25, 0.3) is 0 Å². The van der Waals surface area contributed by atoms with E-state index in [1.54, 1.807) is 25.7 Å². The van der Waals surface area contributed by atoms with E-state index in [2.05, 4.69) is 10.6 Å². The largest absolute Gasteiger partial charge is 0.444 e. The molecule has 10 heteroatoms. The minimum atomic E-state index is -0.789. The van der Waals surface area contributed by atoms with E-state index in [1.807, 2.05) is 0 Å². The summed E-state index contributed by atoms with van der Waals surface area (Å²) in [6.45, 7) is 7.24. The summed E-state index contributed by atoms with van der Waals surface area (Å²) in [6.07, 6.45) is 2.73. The van der Waals surface area contributed by atoms with Crippen molar-refractivity contribution < 1.29 is 28.7 Å². The molecule has 2 aliphatic rings. The van der Waals surface area contributed by atoms with Gasteiger partial charge in [-0.3, -0.25) is 24.5 Å². The molecule has 10 nitrogen and oxygen atoms in total. The van der Waals surface area contributed by atoms with Crippen LogP contribution in [-0.4, -0.2) is 78.3 Å². The fraction of sp³-hybridized carbons (Fsp3) is 0.762. The average Bonchev–Trinajstić information content (AvgIpc) is 2.79. The van der Waals surface area contributed by atoms with Crippen molar-refractivity contribution in [2.75, 3.05) is 32.7 Å². The van der Waals surface area contributed by atoms with Crippen molar-refractivity contribution >= 4 is 30.2 Å². The molecule has 174 valence electrons. The molecular weight excluding hydrogens is 404 g/mol. The Labute approximate surface area is 183 Å². The molecule has 2 N–H and O–H groups in total. The highest BCUT2D eigenvalue weighted by molar-refractivity contribution is 6.01. The van der Waals surface area contributed by atoms with Gasteiger partial charge in [0.25, 0.3) is 0 Å². The smallest absolute Gasteiger partial charge is 0.410 e. The van der Waals surface area contributed by atoms with Crippen molar-refractivity contribution in [2.24, 2.45) is 5.41 Å². The molecule has 0 aliphatic carbocycles. The van der Waals surface area contributed by atoms with E-state index < -0.39 is 17.1 Å². The SMILES string of the molecule is CC(C)(C)OC(=O)N(CCCN1CCC2(CCCC(=O)NC2=O)CC1=O)CCNC=O. The molecule has 0 aromatic rings. The second-order valence-corrected chi connectivity index (χ2v) is 9.21. The lowest BCUT2D eigenvalue weighted by Gasteiger charge is -2.39. The van der Waals surface area contributed by atoms with Crippen molar-refractivity contribution in [3.05, 3.63) is 0 Å². The zero-order valence-corrected chi connectivity index (χ0v) is 18.7. The summed E-state index contributed by atoms with van der Waals surface area (Å²) < 4.78 is 5.42. The summed E-state index contributed by atoms with van der Waals surface area (Å²) in [4.78, 5) is 63.0. The van der Waals surface area contributed by atoms with Crippen LogP contribution in [0.15, 0.2) is 0 Å².